The molecule has 0 saturated heterocycles. The molecule has 0 fully saturated rings. The van der Waals surface area contributed by atoms with Crippen LogP contribution in [0.3, 0.4) is 0 Å². The van der Waals surface area contributed by atoms with E-state index in [2.05, 4.69) is 25.9 Å². The largest absolute Gasteiger partial charge is 0.480 e. The van der Waals surface area contributed by atoms with Crippen molar-refractivity contribution in [2.75, 3.05) is 13.1 Å². The average molecular weight is 533 g/mol. The van der Waals surface area contributed by atoms with E-state index in [9.17, 15) is 34.5 Å². The number of aliphatic hydroxyl groups is 2. The lowest BCUT2D eigenvalue weighted by molar-refractivity contribution is -0.145. The van der Waals surface area contributed by atoms with Gasteiger partial charge in [-0.2, -0.15) is 0 Å². The van der Waals surface area contributed by atoms with Crippen molar-refractivity contribution in [1.29, 1.82) is 0 Å². The number of guanidine groups is 2. The van der Waals surface area contributed by atoms with Crippen LogP contribution in [0.4, 0.5) is 0 Å². The van der Waals surface area contributed by atoms with Crippen molar-refractivity contribution >= 4 is 35.6 Å². The van der Waals surface area contributed by atoms with E-state index >= 15 is 0 Å². The molecule has 0 aliphatic heterocycles. The summed E-state index contributed by atoms with van der Waals surface area (Å²) in [6, 6.07) is -5.48. The van der Waals surface area contributed by atoms with Crippen LogP contribution in [0.25, 0.3) is 0 Å². The van der Waals surface area contributed by atoms with E-state index in [4.69, 9.17) is 28.7 Å². The van der Waals surface area contributed by atoms with Crippen molar-refractivity contribution in [3.63, 3.8) is 0 Å². The summed E-state index contributed by atoms with van der Waals surface area (Å²) >= 11 is 0. The van der Waals surface area contributed by atoms with Gasteiger partial charge in [0.15, 0.2) is 18.0 Å². The second-order valence-electron chi connectivity index (χ2n) is 8.36. The lowest BCUT2D eigenvalue weighted by Gasteiger charge is -2.27. The molecule has 37 heavy (non-hydrogen) atoms. The number of amides is 3. The van der Waals surface area contributed by atoms with Crippen LogP contribution in [0.1, 0.15) is 39.5 Å². The average Bonchev–Trinajstić information content (AvgIpc) is 2.78. The van der Waals surface area contributed by atoms with Crippen molar-refractivity contribution in [2.24, 2.45) is 38.7 Å². The van der Waals surface area contributed by atoms with Crippen LogP contribution in [0.15, 0.2) is 9.98 Å². The van der Waals surface area contributed by atoms with E-state index in [0.29, 0.717) is 6.42 Å². The zero-order valence-electron chi connectivity index (χ0n) is 21.0. The summed E-state index contributed by atoms with van der Waals surface area (Å²) in [5, 5.41) is 35.8. The SMILES string of the molecule is CC(O)C(NC(=O)C(CCCN=C(N)N)NC(=O)C(NC(=O)C(N)CCCN=C(N)N)C(C)O)C(=O)O. The monoisotopic (exact) mass is 532 g/mol. The fourth-order valence-electron chi connectivity index (χ4n) is 2.99. The van der Waals surface area contributed by atoms with Crippen LogP contribution in [-0.2, 0) is 19.2 Å². The number of aliphatic hydroxyl groups excluding tert-OH is 2. The predicted molar refractivity (Wildman–Crippen MR) is 135 cm³/mol. The second-order valence-corrected chi connectivity index (χ2v) is 8.36. The normalized spacial score (nSPS) is 15.6. The molecule has 0 aromatic carbocycles. The van der Waals surface area contributed by atoms with Gasteiger partial charge in [0.25, 0.3) is 0 Å². The minimum absolute atomic E-state index is 0.0364. The van der Waals surface area contributed by atoms with Gasteiger partial charge in [-0.3, -0.25) is 24.4 Å². The maximum Gasteiger partial charge on any atom is 0.328 e. The predicted octanol–water partition coefficient (Wildman–Crippen LogP) is -5.28. The third-order valence-electron chi connectivity index (χ3n) is 4.99. The molecule has 0 aliphatic rings. The van der Waals surface area contributed by atoms with Gasteiger partial charge in [0.05, 0.1) is 18.2 Å². The van der Waals surface area contributed by atoms with Gasteiger partial charge in [0.2, 0.25) is 17.7 Å². The van der Waals surface area contributed by atoms with Gasteiger partial charge in [-0.25, -0.2) is 4.79 Å². The Morgan fingerprint density at radius 2 is 1.19 bits per heavy atom. The summed E-state index contributed by atoms with van der Waals surface area (Å²) in [7, 11) is 0. The van der Waals surface area contributed by atoms with Crippen molar-refractivity contribution in [1.82, 2.24) is 16.0 Å². The first-order chi connectivity index (χ1) is 17.2. The molecule has 212 valence electrons. The summed E-state index contributed by atoms with van der Waals surface area (Å²) in [5.74, 6) is -4.36. The van der Waals surface area contributed by atoms with Gasteiger partial charge in [0.1, 0.15) is 12.1 Å². The lowest BCUT2D eigenvalue weighted by Crippen LogP contribution is -2.60. The zero-order valence-corrected chi connectivity index (χ0v) is 21.0. The summed E-state index contributed by atoms with van der Waals surface area (Å²) in [6.45, 7) is 2.76. The first-order valence-electron chi connectivity index (χ1n) is 11.5. The van der Waals surface area contributed by atoms with Crippen molar-refractivity contribution in [3.05, 3.63) is 0 Å². The van der Waals surface area contributed by atoms with E-state index in [1.165, 1.54) is 13.8 Å². The molecule has 3 amide bonds. The van der Waals surface area contributed by atoms with Crippen molar-refractivity contribution < 1.29 is 34.5 Å². The molecule has 0 spiro atoms. The minimum atomic E-state index is -1.64. The van der Waals surface area contributed by atoms with E-state index in [1.54, 1.807) is 0 Å². The number of hydrogen-bond donors (Lipinski definition) is 11. The highest BCUT2D eigenvalue weighted by Crippen LogP contribution is 2.05. The topological polar surface area (TPSA) is 320 Å². The van der Waals surface area contributed by atoms with Crippen LogP contribution in [0.5, 0.6) is 0 Å². The van der Waals surface area contributed by atoms with Crippen LogP contribution in [-0.4, -0.2) is 100 Å². The Kier molecular flexibility index (Phi) is 15.2. The van der Waals surface area contributed by atoms with Gasteiger partial charge >= 0.3 is 5.97 Å². The Morgan fingerprint density at radius 1 is 0.730 bits per heavy atom. The van der Waals surface area contributed by atoms with Gasteiger partial charge in [-0.15, -0.1) is 0 Å². The van der Waals surface area contributed by atoms with Gasteiger partial charge in [-0.05, 0) is 39.5 Å². The summed E-state index contributed by atoms with van der Waals surface area (Å²) in [6.07, 6.45) is -2.09. The third-order valence-corrected chi connectivity index (χ3v) is 4.99. The Labute approximate surface area is 214 Å². The number of carbonyl (C=O) groups excluding carboxylic acids is 3. The van der Waals surface area contributed by atoms with Crippen molar-refractivity contribution in [3.8, 4) is 0 Å². The highest BCUT2D eigenvalue weighted by molar-refractivity contribution is 5.94. The number of rotatable bonds is 17. The molecule has 16 N–H and O–H groups in total. The summed E-state index contributed by atoms with van der Waals surface area (Å²) in [4.78, 5) is 57.0. The molecule has 0 aliphatic carbocycles. The lowest BCUT2D eigenvalue weighted by atomic mass is 10.1. The van der Waals surface area contributed by atoms with Gasteiger partial charge < -0.3 is 59.9 Å². The number of nitrogens with one attached hydrogen (secondary N) is 3. The highest BCUT2D eigenvalue weighted by Gasteiger charge is 2.33. The first-order valence-corrected chi connectivity index (χ1v) is 11.5. The molecule has 6 unspecified atom stereocenters. The maximum absolute atomic E-state index is 12.9. The molecule has 17 nitrogen and oxygen atoms in total. The van der Waals surface area contributed by atoms with E-state index in [0.717, 1.165) is 0 Å². The molecule has 0 radical (unpaired) electrons. The first kappa shape index (κ1) is 33.3. The third kappa shape index (κ3) is 13.8. The Bertz CT molecular complexity index is 826. The van der Waals surface area contributed by atoms with Crippen LogP contribution < -0.4 is 44.6 Å². The molecule has 0 aromatic heterocycles. The number of nitrogens with zero attached hydrogens (tertiary/aromatic N) is 2. The highest BCUT2D eigenvalue weighted by atomic mass is 16.4. The molecule has 0 heterocycles. The van der Waals surface area contributed by atoms with Gasteiger partial charge in [-0.1, -0.05) is 0 Å². The van der Waals surface area contributed by atoms with E-state index < -0.39 is 60.1 Å². The molecule has 0 bridgehead atoms. The Balaban J connectivity index is 5.45. The number of carboxylic acids is 1. The molecule has 0 rings (SSSR count). The molecule has 0 saturated carbocycles. The molecule has 17 heteroatoms. The molecule has 0 aromatic rings. The summed E-state index contributed by atoms with van der Waals surface area (Å²) in [5.41, 5.74) is 26.8. The van der Waals surface area contributed by atoms with Crippen LogP contribution in [0.2, 0.25) is 0 Å². The fourth-order valence-corrected chi connectivity index (χ4v) is 2.99. The minimum Gasteiger partial charge on any atom is -0.480 e. The number of aliphatic carboxylic acids is 1. The number of hydrogen-bond acceptors (Lipinski definition) is 9. The number of carbonyl (C=O) groups is 4. The van der Waals surface area contributed by atoms with E-state index in [1.807, 2.05) is 0 Å². The second kappa shape index (κ2) is 16.9. The molecular weight excluding hydrogens is 492 g/mol. The number of carboxylic acid groups (broad SMARTS) is 1. The number of nitrogens with two attached hydrogens (primary N) is 5. The smallest absolute Gasteiger partial charge is 0.328 e. The quantitative estimate of drug-likeness (QED) is 0.0475. The summed E-state index contributed by atoms with van der Waals surface area (Å²) < 4.78 is 0. The maximum atomic E-state index is 12.9. The van der Waals surface area contributed by atoms with Crippen LogP contribution >= 0.6 is 0 Å². The Morgan fingerprint density at radius 3 is 1.62 bits per heavy atom. The van der Waals surface area contributed by atoms with Gasteiger partial charge in [0, 0.05) is 13.1 Å². The fraction of sp³-hybridized carbons (Fsp3) is 0.700. The van der Waals surface area contributed by atoms with Crippen molar-refractivity contribution in [2.45, 2.75) is 75.9 Å². The van der Waals surface area contributed by atoms with E-state index in [-0.39, 0.29) is 44.3 Å². The Hall–Kier alpha value is -3.70. The molecule has 6 atom stereocenters. The van der Waals surface area contributed by atoms with Crippen LogP contribution in [0, 0.1) is 0 Å². The zero-order chi connectivity index (χ0) is 28.7. The molecular formula is C20H40N10O7. The standard InChI is InChI=1S/C20H40N10O7/c1-9(31)13(29-15(33)11(21)5-3-7-26-19(22)23)17(35)28-12(6-4-8-27-20(24)25)16(34)30-14(10(2)32)18(36)37/h9-14,31-32H,3-8,21H2,1-2H3,(H,28,35)(H,29,33)(H,30,34)(H,36,37)(H4,22,23,26)(H4,24,25,27). The number of aliphatic imine (C=N–C) groups is 2.